The van der Waals surface area contributed by atoms with E-state index in [1.807, 2.05) is 0 Å². The smallest absolute Gasteiger partial charge is 0.271 e. The number of benzene rings is 2. The van der Waals surface area contributed by atoms with E-state index in [-0.39, 0.29) is 11.4 Å². The summed E-state index contributed by atoms with van der Waals surface area (Å²) >= 11 is 0. The van der Waals surface area contributed by atoms with Crippen LogP contribution in [0.4, 0.5) is 24.5 Å². The van der Waals surface area contributed by atoms with E-state index >= 15 is 0 Å². The van der Waals surface area contributed by atoms with Gasteiger partial charge in [0.1, 0.15) is 6.54 Å². The summed E-state index contributed by atoms with van der Waals surface area (Å²) in [7, 11) is -4.08. The first-order valence-corrected chi connectivity index (χ1v) is 9.94. The number of nitrogens with one attached hydrogen (secondary N) is 1. The largest absolute Gasteiger partial charge is 0.416 e. The lowest BCUT2D eigenvalue weighted by atomic mass is 10.2. The first-order chi connectivity index (χ1) is 13.9. The standard InChI is InChI=1S/C17H15F3N4O5S/c1-30(28,29)23(15-4-2-3-13(9-15)17(18,19)20)11-16(25)22-21-10-12-5-7-14(8-6-12)24(26)27/h2-10H,11H2,1H3,(H,22,25)/b21-10-. The van der Waals surface area contributed by atoms with Gasteiger partial charge in [-0.3, -0.25) is 19.2 Å². The van der Waals surface area contributed by atoms with Gasteiger partial charge in [0.25, 0.3) is 11.6 Å². The third-order valence-electron chi connectivity index (χ3n) is 3.66. The monoisotopic (exact) mass is 444 g/mol. The minimum atomic E-state index is -4.68. The number of amides is 1. The van der Waals surface area contributed by atoms with Gasteiger partial charge in [0, 0.05) is 12.1 Å². The number of non-ortho nitro benzene ring substituents is 1. The summed E-state index contributed by atoms with van der Waals surface area (Å²) in [4.78, 5) is 22.1. The molecule has 0 radical (unpaired) electrons. The zero-order valence-electron chi connectivity index (χ0n) is 15.3. The van der Waals surface area contributed by atoms with Crippen LogP contribution >= 0.6 is 0 Å². The summed E-state index contributed by atoms with van der Waals surface area (Å²) in [6.07, 6.45) is -2.77. The van der Waals surface area contributed by atoms with Crippen molar-refractivity contribution in [3.05, 3.63) is 69.8 Å². The number of carbonyl (C=O) groups is 1. The van der Waals surface area contributed by atoms with Gasteiger partial charge in [-0.05, 0) is 35.9 Å². The molecule has 0 aliphatic carbocycles. The molecule has 0 spiro atoms. The Labute approximate surface area is 169 Å². The van der Waals surface area contributed by atoms with Crippen LogP contribution in [0.5, 0.6) is 0 Å². The van der Waals surface area contributed by atoms with Crippen molar-refractivity contribution in [2.45, 2.75) is 6.18 Å². The van der Waals surface area contributed by atoms with Gasteiger partial charge >= 0.3 is 6.18 Å². The van der Waals surface area contributed by atoms with Crippen LogP contribution in [0.25, 0.3) is 0 Å². The van der Waals surface area contributed by atoms with E-state index in [4.69, 9.17) is 0 Å². The lowest BCUT2D eigenvalue weighted by molar-refractivity contribution is -0.384. The number of alkyl halides is 3. The molecule has 0 heterocycles. The maximum Gasteiger partial charge on any atom is 0.416 e. The topological polar surface area (TPSA) is 122 Å². The molecule has 0 fully saturated rings. The molecular formula is C17H15F3N4O5S. The highest BCUT2D eigenvalue weighted by Crippen LogP contribution is 2.32. The van der Waals surface area contributed by atoms with E-state index < -0.39 is 39.1 Å². The molecule has 2 aromatic carbocycles. The second-order valence-electron chi connectivity index (χ2n) is 5.96. The van der Waals surface area contributed by atoms with Crippen molar-refractivity contribution < 1.29 is 31.3 Å². The normalized spacial score (nSPS) is 12.0. The van der Waals surface area contributed by atoms with Gasteiger partial charge in [-0.15, -0.1) is 0 Å². The molecular weight excluding hydrogens is 429 g/mol. The maximum atomic E-state index is 12.9. The number of hydrogen-bond acceptors (Lipinski definition) is 6. The average molecular weight is 444 g/mol. The lowest BCUT2D eigenvalue weighted by Crippen LogP contribution is -2.39. The van der Waals surface area contributed by atoms with Gasteiger partial charge in [0.05, 0.1) is 28.6 Å². The van der Waals surface area contributed by atoms with Gasteiger partial charge in [-0.25, -0.2) is 13.8 Å². The molecule has 30 heavy (non-hydrogen) atoms. The van der Waals surface area contributed by atoms with E-state index in [0.717, 1.165) is 30.7 Å². The number of carbonyl (C=O) groups excluding carboxylic acids is 1. The van der Waals surface area contributed by atoms with E-state index in [1.165, 1.54) is 24.3 Å². The summed E-state index contributed by atoms with van der Waals surface area (Å²) < 4.78 is 63.1. The molecule has 2 aromatic rings. The van der Waals surface area contributed by atoms with Crippen molar-refractivity contribution in [3.63, 3.8) is 0 Å². The Hall–Kier alpha value is -3.48. The van der Waals surface area contributed by atoms with Crippen LogP contribution in [-0.2, 0) is 21.0 Å². The van der Waals surface area contributed by atoms with Crippen LogP contribution in [0.1, 0.15) is 11.1 Å². The number of nitro benzene ring substituents is 1. The number of anilines is 1. The summed E-state index contributed by atoms with van der Waals surface area (Å²) in [6.45, 7) is -0.808. The number of rotatable bonds is 7. The highest BCUT2D eigenvalue weighted by atomic mass is 32.2. The highest BCUT2D eigenvalue weighted by Gasteiger charge is 2.32. The molecule has 9 nitrogen and oxygen atoms in total. The number of nitrogens with zero attached hydrogens (tertiary/aromatic N) is 3. The number of nitro groups is 1. The first-order valence-electron chi connectivity index (χ1n) is 8.09. The summed E-state index contributed by atoms with van der Waals surface area (Å²) in [5, 5.41) is 14.2. The maximum absolute atomic E-state index is 12.9. The Morgan fingerprint density at radius 2 is 1.87 bits per heavy atom. The zero-order chi connectivity index (χ0) is 22.5. The molecule has 1 N–H and O–H groups in total. The van der Waals surface area contributed by atoms with Crippen molar-refractivity contribution in [2.75, 3.05) is 17.1 Å². The highest BCUT2D eigenvalue weighted by molar-refractivity contribution is 7.92. The summed E-state index contributed by atoms with van der Waals surface area (Å²) in [5.74, 6) is -0.906. The molecule has 0 bridgehead atoms. The van der Waals surface area contributed by atoms with Gasteiger partial charge in [0.15, 0.2) is 0 Å². The van der Waals surface area contributed by atoms with E-state index in [2.05, 4.69) is 10.5 Å². The fourth-order valence-corrected chi connectivity index (χ4v) is 3.11. The number of hydrazone groups is 1. The first kappa shape index (κ1) is 22.8. The quantitative estimate of drug-likeness (QED) is 0.400. The lowest BCUT2D eigenvalue weighted by Gasteiger charge is -2.22. The molecule has 0 unspecified atom stereocenters. The van der Waals surface area contributed by atoms with Crippen molar-refractivity contribution >= 4 is 33.5 Å². The molecule has 0 atom stereocenters. The molecule has 0 aliphatic rings. The van der Waals surface area contributed by atoms with Crippen LogP contribution in [0.3, 0.4) is 0 Å². The van der Waals surface area contributed by atoms with Crippen LogP contribution in [0.15, 0.2) is 53.6 Å². The Morgan fingerprint density at radius 3 is 2.40 bits per heavy atom. The molecule has 0 aliphatic heterocycles. The third-order valence-corrected chi connectivity index (χ3v) is 4.80. The van der Waals surface area contributed by atoms with Gasteiger partial charge in [-0.1, -0.05) is 6.07 Å². The van der Waals surface area contributed by atoms with Crippen LogP contribution in [-0.4, -0.2) is 38.3 Å². The predicted octanol–water partition coefficient (Wildman–Crippen LogP) is 2.53. The predicted molar refractivity (Wildman–Crippen MR) is 102 cm³/mol. The molecule has 1 amide bonds. The molecule has 13 heteroatoms. The van der Waals surface area contributed by atoms with Crippen molar-refractivity contribution in [1.82, 2.24) is 5.43 Å². The van der Waals surface area contributed by atoms with E-state index in [1.54, 1.807) is 0 Å². The van der Waals surface area contributed by atoms with E-state index in [0.29, 0.717) is 15.9 Å². The summed E-state index contributed by atoms with van der Waals surface area (Å²) in [6, 6.07) is 8.75. The molecule has 2 rings (SSSR count). The van der Waals surface area contributed by atoms with Crippen LogP contribution in [0.2, 0.25) is 0 Å². The Kier molecular flexibility index (Phi) is 6.77. The Morgan fingerprint density at radius 1 is 1.23 bits per heavy atom. The van der Waals surface area contributed by atoms with Crippen LogP contribution < -0.4 is 9.73 Å². The minimum absolute atomic E-state index is 0.138. The van der Waals surface area contributed by atoms with Gasteiger partial charge in [0.2, 0.25) is 10.0 Å². The average Bonchev–Trinajstić information content (AvgIpc) is 2.65. The fraction of sp³-hybridized carbons (Fsp3) is 0.176. The third kappa shape index (κ3) is 6.27. The number of sulfonamides is 1. The fourth-order valence-electron chi connectivity index (χ4n) is 2.26. The minimum Gasteiger partial charge on any atom is -0.271 e. The SMILES string of the molecule is CS(=O)(=O)N(CC(=O)N/N=C\c1ccc([N+](=O)[O-])cc1)c1cccc(C(F)(F)F)c1. The number of halogens is 3. The van der Waals surface area contributed by atoms with Gasteiger partial charge < -0.3 is 0 Å². The van der Waals surface area contributed by atoms with Crippen molar-refractivity contribution in [1.29, 1.82) is 0 Å². The number of hydrogen-bond donors (Lipinski definition) is 1. The van der Waals surface area contributed by atoms with Gasteiger partial charge in [-0.2, -0.15) is 18.3 Å². The molecule has 0 saturated carbocycles. The Balaban J connectivity index is 2.12. The zero-order valence-corrected chi connectivity index (χ0v) is 16.1. The molecule has 160 valence electrons. The Bertz CT molecular complexity index is 1070. The van der Waals surface area contributed by atoms with Crippen molar-refractivity contribution in [3.8, 4) is 0 Å². The second kappa shape index (κ2) is 8.90. The van der Waals surface area contributed by atoms with E-state index in [9.17, 15) is 36.5 Å². The molecule has 0 aromatic heterocycles. The second-order valence-corrected chi connectivity index (χ2v) is 7.87. The van der Waals surface area contributed by atoms with Crippen molar-refractivity contribution in [2.24, 2.45) is 5.10 Å². The summed E-state index contributed by atoms with van der Waals surface area (Å²) in [5.41, 5.74) is 0.935. The molecule has 0 saturated heterocycles. The van der Waals surface area contributed by atoms with Crippen LogP contribution in [0, 0.1) is 10.1 Å².